The summed E-state index contributed by atoms with van der Waals surface area (Å²) in [5.74, 6) is -0.551. The van der Waals surface area contributed by atoms with Gasteiger partial charge in [0.2, 0.25) is 0 Å². The number of aromatic nitrogens is 1. The fourth-order valence-electron chi connectivity index (χ4n) is 3.26. The Morgan fingerprint density at radius 2 is 1.93 bits per heavy atom. The Bertz CT molecular complexity index is 1030. The number of halogens is 1. The summed E-state index contributed by atoms with van der Waals surface area (Å²) in [6.45, 7) is 2.33. The molecular formula is C18H18FN5O3S. The molecule has 10 heteroatoms. The van der Waals surface area contributed by atoms with Crippen LogP contribution < -0.4 is 5.32 Å². The van der Waals surface area contributed by atoms with Crippen molar-refractivity contribution in [2.75, 3.05) is 38.0 Å². The second-order valence-corrected chi connectivity index (χ2v) is 8.13. The highest BCUT2D eigenvalue weighted by atomic mass is 32.2. The monoisotopic (exact) mass is 403 g/mol. The third kappa shape index (κ3) is 3.60. The first-order valence-corrected chi connectivity index (χ1v) is 10.2. The van der Waals surface area contributed by atoms with Crippen LogP contribution in [0, 0.1) is 5.82 Å². The minimum atomic E-state index is -3.94. The molecule has 1 fully saturated rings. The molecule has 1 aromatic heterocycles. The van der Waals surface area contributed by atoms with Crippen molar-refractivity contribution in [2.45, 2.75) is 4.90 Å². The Balaban J connectivity index is 1.41. The van der Waals surface area contributed by atoms with E-state index in [-0.39, 0.29) is 28.9 Å². The van der Waals surface area contributed by atoms with E-state index in [0.29, 0.717) is 31.7 Å². The maximum atomic E-state index is 14.0. The molecule has 1 N–H and O–H groups in total. The van der Waals surface area contributed by atoms with Crippen LogP contribution in [0.5, 0.6) is 0 Å². The van der Waals surface area contributed by atoms with Crippen LogP contribution in [-0.4, -0.2) is 67.7 Å². The molecule has 4 rings (SSSR count). The summed E-state index contributed by atoms with van der Waals surface area (Å²) in [6.07, 6.45) is 3.15. The van der Waals surface area contributed by atoms with Crippen molar-refractivity contribution < 1.29 is 17.6 Å². The molecule has 1 amide bonds. The molecule has 0 bridgehead atoms. The van der Waals surface area contributed by atoms with Gasteiger partial charge in [-0.3, -0.25) is 14.7 Å². The molecule has 0 radical (unpaired) electrons. The first kappa shape index (κ1) is 18.5. The van der Waals surface area contributed by atoms with Crippen LogP contribution in [0.3, 0.4) is 0 Å². The molecule has 0 unspecified atom stereocenters. The minimum absolute atomic E-state index is 0.0714. The normalized spacial score (nSPS) is 18.8. The highest BCUT2D eigenvalue weighted by Crippen LogP contribution is 2.29. The van der Waals surface area contributed by atoms with Crippen molar-refractivity contribution in [3.63, 3.8) is 0 Å². The predicted octanol–water partition coefficient (Wildman–Crippen LogP) is 1.19. The Kier molecular flexibility index (Phi) is 4.82. The van der Waals surface area contributed by atoms with Crippen LogP contribution in [-0.2, 0) is 10.0 Å². The predicted molar refractivity (Wildman–Crippen MR) is 101 cm³/mol. The standard InChI is InChI=1S/C18H18FN5O3S/c19-14-4-1-5-15-17(14)21-16(22-28(15,26)27)12-23-7-9-24(10-8-23)18(25)13-3-2-6-20-11-13/h1-6,11H,7-10,12H2,(H,21,22). The van der Waals surface area contributed by atoms with Gasteiger partial charge in [0.15, 0.2) is 0 Å². The lowest BCUT2D eigenvalue weighted by atomic mass is 10.2. The van der Waals surface area contributed by atoms with E-state index in [4.69, 9.17) is 0 Å². The molecule has 0 aliphatic carbocycles. The zero-order chi connectivity index (χ0) is 19.7. The summed E-state index contributed by atoms with van der Waals surface area (Å²) in [5, 5.41) is 2.79. The van der Waals surface area contributed by atoms with E-state index in [2.05, 4.69) is 14.7 Å². The van der Waals surface area contributed by atoms with Crippen molar-refractivity contribution >= 4 is 27.5 Å². The van der Waals surface area contributed by atoms with Gasteiger partial charge in [-0.15, -0.1) is 4.40 Å². The van der Waals surface area contributed by atoms with Gasteiger partial charge in [0.05, 0.1) is 17.8 Å². The van der Waals surface area contributed by atoms with Crippen LogP contribution in [0.1, 0.15) is 10.4 Å². The molecule has 8 nitrogen and oxygen atoms in total. The topological polar surface area (TPSA) is 95.0 Å². The number of anilines is 1. The summed E-state index contributed by atoms with van der Waals surface area (Å²) in [5.41, 5.74) is 0.463. The van der Waals surface area contributed by atoms with Crippen LogP contribution in [0.4, 0.5) is 10.1 Å². The third-order valence-corrected chi connectivity index (χ3v) is 6.05. The summed E-state index contributed by atoms with van der Waals surface area (Å²) in [6, 6.07) is 7.30. The number of para-hydroxylation sites is 1. The Morgan fingerprint density at radius 3 is 2.64 bits per heavy atom. The number of amidine groups is 1. The van der Waals surface area contributed by atoms with Crippen LogP contribution in [0.15, 0.2) is 52.0 Å². The van der Waals surface area contributed by atoms with Gasteiger partial charge in [0.25, 0.3) is 15.9 Å². The highest BCUT2D eigenvalue weighted by molar-refractivity contribution is 7.90. The number of hydrogen-bond donors (Lipinski definition) is 1. The molecule has 0 saturated carbocycles. The van der Waals surface area contributed by atoms with Gasteiger partial charge in [-0.2, -0.15) is 8.42 Å². The van der Waals surface area contributed by atoms with Crippen molar-refractivity contribution in [1.82, 2.24) is 14.8 Å². The van der Waals surface area contributed by atoms with Crippen molar-refractivity contribution in [1.29, 1.82) is 0 Å². The number of carbonyl (C=O) groups excluding carboxylic acids is 1. The first-order valence-electron chi connectivity index (χ1n) is 8.75. The second kappa shape index (κ2) is 7.28. The van der Waals surface area contributed by atoms with E-state index in [1.807, 2.05) is 4.90 Å². The molecule has 3 heterocycles. The number of carbonyl (C=O) groups is 1. The van der Waals surface area contributed by atoms with Gasteiger partial charge in [-0.05, 0) is 24.3 Å². The molecule has 2 aliphatic rings. The number of fused-ring (bicyclic) bond motifs is 1. The zero-order valence-corrected chi connectivity index (χ0v) is 15.7. The number of piperazine rings is 1. The summed E-state index contributed by atoms with van der Waals surface area (Å²) in [7, 11) is -3.94. The van der Waals surface area contributed by atoms with Crippen LogP contribution >= 0.6 is 0 Å². The largest absolute Gasteiger partial charge is 0.338 e. The Labute approximate surface area is 161 Å². The summed E-state index contributed by atoms with van der Waals surface area (Å²) in [4.78, 5) is 20.0. The van der Waals surface area contributed by atoms with E-state index < -0.39 is 15.8 Å². The average molecular weight is 403 g/mol. The molecule has 0 atom stereocenters. The number of sulfonamides is 1. The average Bonchev–Trinajstić information content (AvgIpc) is 2.69. The smallest absolute Gasteiger partial charge is 0.286 e. The van der Waals surface area contributed by atoms with Crippen molar-refractivity contribution in [3.8, 4) is 0 Å². The van der Waals surface area contributed by atoms with E-state index >= 15 is 0 Å². The lowest BCUT2D eigenvalue weighted by Gasteiger charge is -2.35. The third-order valence-electron chi connectivity index (χ3n) is 4.69. The van der Waals surface area contributed by atoms with E-state index in [1.165, 1.54) is 24.4 Å². The van der Waals surface area contributed by atoms with E-state index in [9.17, 15) is 17.6 Å². The molecule has 146 valence electrons. The molecular weight excluding hydrogens is 385 g/mol. The molecule has 0 spiro atoms. The van der Waals surface area contributed by atoms with Crippen molar-refractivity contribution in [3.05, 3.63) is 54.1 Å². The Morgan fingerprint density at radius 1 is 1.14 bits per heavy atom. The van der Waals surface area contributed by atoms with E-state index in [1.54, 1.807) is 23.2 Å². The SMILES string of the molecule is O=C(c1cccnc1)N1CCN(CC2=NS(=O)(=O)c3cccc(F)c3N2)CC1. The maximum Gasteiger partial charge on any atom is 0.286 e. The number of nitrogens with zero attached hydrogens (tertiary/aromatic N) is 4. The molecule has 2 aliphatic heterocycles. The van der Waals surface area contributed by atoms with Crippen LogP contribution in [0.2, 0.25) is 0 Å². The van der Waals surface area contributed by atoms with E-state index in [0.717, 1.165) is 0 Å². The van der Waals surface area contributed by atoms with Gasteiger partial charge < -0.3 is 10.2 Å². The zero-order valence-electron chi connectivity index (χ0n) is 14.9. The van der Waals surface area contributed by atoms with Crippen LogP contribution in [0.25, 0.3) is 0 Å². The second-order valence-electron chi connectivity index (χ2n) is 6.56. The number of hydrogen-bond acceptors (Lipinski definition) is 6. The Hall–Kier alpha value is -2.85. The fraction of sp³-hybridized carbons (Fsp3) is 0.278. The number of pyridine rings is 1. The minimum Gasteiger partial charge on any atom is -0.338 e. The highest BCUT2D eigenvalue weighted by Gasteiger charge is 2.29. The maximum absolute atomic E-state index is 14.0. The molecule has 28 heavy (non-hydrogen) atoms. The lowest BCUT2D eigenvalue weighted by Crippen LogP contribution is -2.50. The molecule has 1 aromatic carbocycles. The van der Waals surface area contributed by atoms with Gasteiger partial charge in [-0.25, -0.2) is 4.39 Å². The van der Waals surface area contributed by atoms with Crippen molar-refractivity contribution in [2.24, 2.45) is 4.40 Å². The van der Waals surface area contributed by atoms with Gasteiger partial charge in [-0.1, -0.05) is 6.07 Å². The summed E-state index contributed by atoms with van der Waals surface area (Å²) < 4.78 is 42.4. The number of benzene rings is 1. The molecule has 1 saturated heterocycles. The molecule has 2 aromatic rings. The van der Waals surface area contributed by atoms with Gasteiger partial charge >= 0.3 is 0 Å². The van der Waals surface area contributed by atoms with Gasteiger partial charge in [0.1, 0.15) is 16.5 Å². The lowest BCUT2D eigenvalue weighted by molar-refractivity contribution is 0.0654. The summed E-state index contributed by atoms with van der Waals surface area (Å²) >= 11 is 0. The van der Waals surface area contributed by atoms with Gasteiger partial charge in [0, 0.05) is 38.6 Å². The quantitative estimate of drug-likeness (QED) is 0.827. The number of amides is 1. The number of rotatable bonds is 3. The number of nitrogens with one attached hydrogen (secondary N) is 1. The first-order chi connectivity index (χ1) is 13.4. The fourth-order valence-corrected chi connectivity index (χ4v) is 4.41.